The van der Waals surface area contributed by atoms with Crippen molar-refractivity contribution in [2.24, 2.45) is 0 Å². The number of hydrogen-bond donors (Lipinski definition) is 0. The highest BCUT2D eigenvalue weighted by Crippen LogP contribution is 2.08. The van der Waals surface area contributed by atoms with E-state index in [4.69, 9.17) is 0 Å². The largest absolute Gasteiger partial charge is 0.166 e. The molecule has 0 aliphatic carbocycles. The molecule has 1 aliphatic rings. The smallest absolute Gasteiger partial charge is 0.0515 e. The van der Waals surface area contributed by atoms with Gasteiger partial charge < -0.3 is 0 Å². The lowest BCUT2D eigenvalue weighted by Crippen LogP contribution is -1.78. The molecule has 1 aliphatic heterocycles. The summed E-state index contributed by atoms with van der Waals surface area (Å²) < 4.78 is 0. The summed E-state index contributed by atoms with van der Waals surface area (Å²) in [6, 6.07) is 1.49. The van der Waals surface area contributed by atoms with Crippen LogP contribution in [0.4, 0.5) is 0 Å². The fourth-order valence-corrected chi connectivity index (χ4v) is 3.25. The fraction of sp³-hybridized carbons (Fsp3) is 1.00. The highest BCUT2D eigenvalue weighted by Gasteiger charge is 1.97. The summed E-state index contributed by atoms with van der Waals surface area (Å²) >= 11 is 2.09. The molecule has 0 amide bonds. The standard InChI is InChI=1S/C3H6SSi/c1-2-5-3-4-1/h1-3H2. The van der Waals surface area contributed by atoms with Crippen LogP contribution in [0.15, 0.2) is 0 Å². The highest BCUT2D eigenvalue weighted by atomic mass is 32.2. The minimum absolute atomic E-state index is 1.27. The molecule has 1 fully saturated rings. The monoisotopic (exact) mass is 102 g/mol. The van der Waals surface area contributed by atoms with E-state index in [-0.39, 0.29) is 0 Å². The lowest BCUT2D eigenvalue weighted by molar-refractivity contribution is 1.52. The van der Waals surface area contributed by atoms with E-state index >= 15 is 0 Å². The molecule has 0 bridgehead atoms. The van der Waals surface area contributed by atoms with E-state index in [2.05, 4.69) is 11.8 Å². The Balaban J connectivity index is 2.08. The predicted octanol–water partition coefficient (Wildman–Crippen LogP) is 0.813. The zero-order chi connectivity index (χ0) is 3.54. The summed E-state index contributed by atoms with van der Waals surface area (Å²) in [4.78, 5) is 0. The van der Waals surface area contributed by atoms with E-state index in [9.17, 15) is 0 Å². The van der Waals surface area contributed by atoms with Crippen molar-refractivity contribution in [1.82, 2.24) is 0 Å². The molecule has 1 rings (SSSR count). The first-order chi connectivity index (χ1) is 2.50. The fourth-order valence-electron chi connectivity index (χ4n) is 0.361. The Morgan fingerprint density at radius 1 is 1.60 bits per heavy atom. The third kappa shape index (κ3) is 0.971. The maximum atomic E-state index is 2.09. The van der Waals surface area contributed by atoms with Crippen LogP contribution in [0.5, 0.6) is 0 Å². The minimum Gasteiger partial charge on any atom is -0.166 e. The van der Waals surface area contributed by atoms with Gasteiger partial charge in [-0.2, -0.15) is 11.8 Å². The van der Waals surface area contributed by atoms with Gasteiger partial charge in [-0.05, 0) is 11.1 Å². The SMILES string of the molecule is C1CSC[Si]1. The van der Waals surface area contributed by atoms with Crippen molar-refractivity contribution in [2.45, 2.75) is 6.04 Å². The maximum absolute atomic E-state index is 2.09. The average Bonchev–Trinajstić information content (AvgIpc) is 1.76. The molecule has 0 atom stereocenters. The number of hydrogen-bond acceptors (Lipinski definition) is 1. The third-order valence-corrected chi connectivity index (χ3v) is 3.72. The summed E-state index contributed by atoms with van der Waals surface area (Å²) in [5.74, 6) is 1.43. The summed E-state index contributed by atoms with van der Waals surface area (Å²) in [5.41, 5.74) is 0. The molecule has 0 aromatic carbocycles. The topological polar surface area (TPSA) is 0 Å². The van der Waals surface area contributed by atoms with Crippen molar-refractivity contribution in [3.63, 3.8) is 0 Å². The lowest BCUT2D eigenvalue weighted by atomic mass is 11.0. The zero-order valence-corrected chi connectivity index (χ0v) is 4.85. The quantitative estimate of drug-likeness (QED) is 0.408. The average molecular weight is 102 g/mol. The summed E-state index contributed by atoms with van der Waals surface area (Å²) in [7, 11) is 1.27. The van der Waals surface area contributed by atoms with Crippen molar-refractivity contribution in [2.75, 3.05) is 11.1 Å². The van der Waals surface area contributed by atoms with Gasteiger partial charge in [0, 0.05) is 0 Å². The van der Waals surface area contributed by atoms with Gasteiger partial charge in [0.1, 0.15) is 0 Å². The second kappa shape index (κ2) is 1.87. The van der Waals surface area contributed by atoms with Crippen LogP contribution in [0.25, 0.3) is 0 Å². The van der Waals surface area contributed by atoms with Gasteiger partial charge in [0.25, 0.3) is 0 Å². The van der Waals surface area contributed by atoms with Crippen molar-refractivity contribution < 1.29 is 0 Å². The third-order valence-electron chi connectivity index (χ3n) is 0.627. The van der Waals surface area contributed by atoms with Gasteiger partial charge in [-0.3, -0.25) is 0 Å². The van der Waals surface area contributed by atoms with Crippen LogP contribution in [0.2, 0.25) is 6.04 Å². The lowest BCUT2D eigenvalue weighted by Gasteiger charge is -1.69. The van der Waals surface area contributed by atoms with Crippen LogP contribution < -0.4 is 0 Å². The van der Waals surface area contributed by atoms with E-state index in [1.54, 1.807) is 0 Å². The Labute approximate surface area is 39.2 Å². The van der Waals surface area contributed by atoms with Gasteiger partial charge in [-0.15, -0.1) is 0 Å². The Morgan fingerprint density at radius 2 is 2.60 bits per heavy atom. The predicted molar refractivity (Wildman–Crippen MR) is 27.9 cm³/mol. The van der Waals surface area contributed by atoms with Crippen LogP contribution >= 0.6 is 11.8 Å². The molecular weight excluding hydrogens is 96.2 g/mol. The van der Waals surface area contributed by atoms with E-state index in [1.807, 2.05) is 0 Å². The molecule has 0 saturated carbocycles. The second-order valence-corrected chi connectivity index (χ2v) is 4.02. The second-order valence-electron chi connectivity index (χ2n) is 1.05. The van der Waals surface area contributed by atoms with Crippen molar-refractivity contribution >= 4 is 21.3 Å². The molecule has 2 heteroatoms. The van der Waals surface area contributed by atoms with Gasteiger partial charge in [-0.1, -0.05) is 6.04 Å². The van der Waals surface area contributed by atoms with Crippen LogP contribution in [-0.4, -0.2) is 20.6 Å². The molecule has 0 aromatic rings. The molecule has 2 radical (unpaired) electrons. The Morgan fingerprint density at radius 3 is 2.80 bits per heavy atom. The highest BCUT2D eigenvalue weighted by molar-refractivity contribution is 8.01. The van der Waals surface area contributed by atoms with E-state index in [1.165, 1.54) is 26.7 Å². The first kappa shape index (κ1) is 3.75. The molecular formula is C3H6SSi. The molecule has 1 heterocycles. The van der Waals surface area contributed by atoms with E-state index < -0.39 is 0 Å². The molecule has 0 aromatic heterocycles. The van der Waals surface area contributed by atoms with E-state index in [0.717, 1.165) is 0 Å². The van der Waals surface area contributed by atoms with Crippen LogP contribution in [-0.2, 0) is 0 Å². The maximum Gasteiger partial charge on any atom is 0.0515 e. The Hall–Kier alpha value is 0.567. The van der Waals surface area contributed by atoms with Crippen molar-refractivity contribution in [1.29, 1.82) is 0 Å². The molecule has 0 N–H and O–H groups in total. The van der Waals surface area contributed by atoms with Gasteiger partial charge in [0.05, 0.1) is 9.52 Å². The van der Waals surface area contributed by atoms with Crippen LogP contribution in [0, 0.1) is 0 Å². The molecule has 5 heavy (non-hydrogen) atoms. The minimum atomic E-state index is 1.27. The first-order valence-electron chi connectivity index (χ1n) is 1.78. The number of thioether (sulfide) groups is 1. The molecule has 1 saturated heterocycles. The molecule has 0 spiro atoms. The van der Waals surface area contributed by atoms with Gasteiger partial charge >= 0.3 is 0 Å². The molecule has 28 valence electrons. The van der Waals surface area contributed by atoms with Crippen LogP contribution in [0.3, 0.4) is 0 Å². The molecule has 0 unspecified atom stereocenters. The number of rotatable bonds is 0. The summed E-state index contributed by atoms with van der Waals surface area (Å²) in [5, 5.41) is 1.44. The Kier molecular flexibility index (Phi) is 1.40. The van der Waals surface area contributed by atoms with Gasteiger partial charge in [-0.25, -0.2) is 0 Å². The normalized spacial score (nSPS) is 24.0. The first-order valence-corrected chi connectivity index (χ1v) is 4.35. The summed E-state index contributed by atoms with van der Waals surface area (Å²) in [6.07, 6.45) is 0. The van der Waals surface area contributed by atoms with Gasteiger partial charge in [0.15, 0.2) is 0 Å². The van der Waals surface area contributed by atoms with Crippen molar-refractivity contribution in [3.05, 3.63) is 0 Å². The summed E-state index contributed by atoms with van der Waals surface area (Å²) in [6.45, 7) is 0. The molecule has 0 nitrogen and oxygen atoms in total. The zero-order valence-electron chi connectivity index (χ0n) is 3.03. The Bertz CT molecular complexity index is 18.5. The van der Waals surface area contributed by atoms with Crippen molar-refractivity contribution in [3.8, 4) is 0 Å². The van der Waals surface area contributed by atoms with Gasteiger partial charge in [0.2, 0.25) is 0 Å². The van der Waals surface area contributed by atoms with Crippen LogP contribution in [0.1, 0.15) is 0 Å². The van der Waals surface area contributed by atoms with E-state index in [0.29, 0.717) is 0 Å².